The molecule has 3 N–H and O–H groups in total. The van der Waals surface area contributed by atoms with Crippen LogP contribution in [0.2, 0.25) is 0 Å². The van der Waals surface area contributed by atoms with E-state index < -0.39 is 11.9 Å². The zero-order valence-corrected chi connectivity index (χ0v) is 14.6. The molecular formula is C18H27NO5. The van der Waals surface area contributed by atoms with E-state index in [1.165, 1.54) is 5.56 Å². The highest BCUT2D eigenvalue weighted by Crippen LogP contribution is 2.30. The van der Waals surface area contributed by atoms with E-state index in [-0.39, 0.29) is 0 Å². The van der Waals surface area contributed by atoms with Crippen LogP contribution in [0.15, 0.2) is 36.4 Å². The molecule has 0 amide bonds. The summed E-state index contributed by atoms with van der Waals surface area (Å²) in [4.78, 5) is 21.3. The highest BCUT2D eigenvalue weighted by molar-refractivity contribution is 5.89. The van der Waals surface area contributed by atoms with Crippen LogP contribution in [-0.2, 0) is 9.59 Å². The first-order valence-corrected chi connectivity index (χ1v) is 7.74. The molecule has 0 fully saturated rings. The maximum atomic E-state index is 9.55. The lowest BCUT2D eigenvalue weighted by atomic mass is 9.85. The molecule has 0 bridgehead atoms. The van der Waals surface area contributed by atoms with E-state index in [4.69, 9.17) is 10.2 Å². The van der Waals surface area contributed by atoms with Crippen molar-refractivity contribution in [1.82, 2.24) is 4.90 Å². The number of carboxylic acids is 2. The molecule has 0 unspecified atom stereocenters. The Morgan fingerprint density at radius 1 is 1.17 bits per heavy atom. The van der Waals surface area contributed by atoms with Gasteiger partial charge in [-0.3, -0.25) is 0 Å². The molecule has 0 spiro atoms. The zero-order valence-electron chi connectivity index (χ0n) is 14.6. The molecule has 1 aromatic carbocycles. The highest BCUT2D eigenvalue weighted by atomic mass is 16.4. The predicted molar refractivity (Wildman–Crippen MR) is 93.3 cm³/mol. The quantitative estimate of drug-likeness (QED) is 0.662. The van der Waals surface area contributed by atoms with Crippen molar-refractivity contribution in [3.05, 3.63) is 42.0 Å². The van der Waals surface area contributed by atoms with E-state index >= 15 is 0 Å². The fraction of sp³-hybridized carbons (Fsp3) is 0.444. The molecule has 0 saturated carbocycles. The standard InChI is InChI=1S/C14H23NO.C4H4O4/c1-5-14(11(2)10-15(3)4)12-7-6-8-13(16)9-12;5-3(6)1-2-4(7)8/h6-9,11,14,16H,5,10H2,1-4H3;1-2H,(H,5,6)(H,7,8)/b;2-1+/t11-,14+;/m0./s1. The summed E-state index contributed by atoms with van der Waals surface area (Å²) < 4.78 is 0. The third-order valence-electron chi connectivity index (χ3n) is 3.45. The summed E-state index contributed by atoms with van der Waals surface area (Å²) in [6.45, 7) is 5.56. The van der Waals surface area contributed by atoms with Crippen LogP contribution in [0.5, 0.6) is 5.75 Å². The van der Waals surface area contributed by atoms with E-state index in [0.717, 1.165) is 13.0 Å². The number of carbonyl (C=O) groups is 2. The van der Waals surface area contributed by atoms with Crippen molar-refractivity contribution in [3.63, 3.8) is 0 Å². The van der Waals surface area contributed by atoms with Crippen LogP contribution in [0.4, 0.5) is 0 Å². The van der Waals surface area contributed by atoms with Gasteiger partial charge in [0.1, 0.15) is 5.75 Å². The molecule has 1 rings (SSSR count). The summed E-state index contributed by atoms with van der Waals surface area (Å²) in [6.07, 6.45) is 2.23. The Balaban J connectivity index is 0.000000561. The second-order valence-corrected chi connectivity index (χ2v) is 5.86. The van der Waals surface area contributed by atoms with Crippen molar-refractivity contribution in [3.8, 4) is 5.75 Å². The Kier molecular flexibility index (Phi) is 10.1. The van der Waals surface area contributed by atoms with Crippen LogP contribution in [0.3, 0.4) is 0 Å². The molecular weight excluding hydrogens is 310 g/mol. The Labute approximate surface area is 143 Å². The third-order valence-corrected chi connectivity index (χ3v) is 3.45. The number of phenolic OH excluding ortho intramolecular Hbond substituents is 1. The normalized spacial score (nSPS) is 13.2. The number of nitrogens with zero attached hydrogens (tertiary/aromatic N) is 1. The molecule has 0 saturated heterocycles. The van der Waals surface area contributed by atoms with Crippen LogP contribution < -0.4 is 0 Å². The monoisotopic (exact) mass is 337 g/mol. The Morgan fingerprint density at radius 2 is 1.71 bits per heavy atom. The topological polar surface area (TPSA) is 98.1 Å². The number of aromatic hydroxyl groups is 1. The van der Waals surface area contributed by atoms with E-state index in [2.05, 4.69) is 38.9 Å². The Hall–Kier alpha value is -2.34. The number of phenols is 1. The molecule has 6 heteroatoms. The average molecular weight is 337 g/mol. The van der Waals surface area contributed by atoms with Gasteiger partial charge in [0, 0.05) is 18.7 Å². The van der Waals surface area contributed by atoms with Crippen molar-refractivity contribution in [2.24, 2.45) is 5.92 Å². The minimum atomic E-state index is -1.26. The maximum Gasteiger partial charge on any atom is 0.328 e. The lowest BCUT2D eigenvalue weighted by Crippen LogP contribution is -2.24. The molecule has 24 heavy (non-hydrogen) atoms. The minimum Gasteiger partial charge on any atom is -0.508 e. The largest absolute Gasteiger partial charge is 0.508 e. The second-order valence-electron chi connectivity index (χ2n) is 5.86. The van der Waals surface area contributed by atoms with Gasteiger partial charge < -0.3 is 20.2 Å². The van der Waals surface area contributed by atoms with Gasteiger partial charge in [-0.2, -0.15) is 0 Å². The zero-order chi connectivity index (χ0) is 18.7. The van der Waals surface area contributed by atoms with Crippen molar-refractivity contribution in [2.75, 3.05) is 20.6 Å². The van der Waals surface area contributed by atoms with Gasteiger partial charge in [0.15, 0.2) is 0 Å². The van der Waals surface area contributed by atoms with Crippen molar-refractivity contribution in [1.29, 1.82) is 0 Å². The lowest BCUT2D eigenvalue weighted by molar-refractivity contribution is -0.134. The van der Waals surface area contributed by atoms with E-state index in [1.807, 2.05) is 12.1 Å². The van der Waals surface area contributed by atoms with Gasteiger partial charge in [-0.25, -0.2) is 9.59 Å². The molecule has 0 aliphatic carbocycles. The number of hydrogen-bond acceptors (Lipinski definition) is 4. The van der Waals surface area contributed by atoms with Crippen LogP contribution >= 0.6 is 0 Å². The number of benzene rings is 1. The smallest absolute Gasteiger partial charge is 0.328 e. The van der Waals surface area contributed by atoms with Crippen LogP contribution in [0.1, 0.15) is 31.7 Å². The number of carboxylic acid groups (broad SMARTS) is 2. The van der Waals surface area contributed by atoms with Crippen LogP contribution in [-0.4, -0.2) is 52.8 Å². The summed E-state index contributed by atoms with van der Waals surface area (Å²) in [7, 11) is 4.21. The fourth-order valence-corrected chi connectivity index (χ4v) is 2.57. The molecule has 0 aliphatic heterocycles. The van der Waals surface area contributed by atoms with Gasteiger partial charge in [0.05, 0.1) is 0 Å². The molecule has 0 aromatic heterocycles. The predicted octanol–water partition coefficient (Wildman–Crippen LogP) is 2.80. The molecule has 0 radical (unpaired) electrons. The minimum absolute atomic E-state index is 0.369. The lowest BCUT2D eigenvalue weighted by Gasteiger charge is -2.26. The van der Waals surface area contributed by atoms with E-state index in [9.17, 15) is 14.7 Å². The number of rotatable bonds is 7. The summed E-state index contributed by atoms with van der Waals surface area (Å²) >= 11 is 0. The van der Waals surface area contributed by atoms with Gasteiger partial charge in [-0.15, -0.1) is 0 Å². The van der Waals surface area contributed by atoms with E-state index in [1.54, 1.807) is 6.07 Å². The first kappa shape index (κ1) is 21.7. The van der Waals surface area contributed by atoms with Gasteiger partial charge in [0.25, 0.3) is 0 Å². The van der Waals surface area contributed by atoms with Crippen LogP contribution in [0.25, 0.3) is 0 Å². The van der Waals surface area contributed by atoms with E-state index in [0.29, 0.717) is 29.7 Å². The highest BCUT2D eigenvalue weighted by Gasteiger charge is 2.18. The summed E-state index contributed by atoms with van der Waals surface area (Å²) in [5, 5.41) is 25.1. The molecule has 1 aromatic rings. The Bertz CT molecular complexity index is 538. The van der Waals surface area contributed by atoms with Crippen molar-refractivity contribution in [2.45, 2.75) is 26.2 Å². The van der Waals surface area contributed by atoms with Crippen LogP contribution in [0, 0.1) is 5.92 Å². The summed E-state index contributed by atoms with van der Waals surface area (Å²) in [6, 6.07) is 7.66. The van der Waals surface area contributed by atoms with Crippen molar-refractivity contribution < 1.29 is 24.9 Å². The molecule has 0 heterocycles. The third kappa shape index (κ3) is 9.63. The van der Waals surface area contributed by atoms with Gasteiger partial charge >= 0.3 is 11.9 Å². The molecule has 2 atom stereocenters. The van der Waals surface area contributed by atoms with Crippen molar-refractivity contribution >= 4 is 11.9 Å². The van der Waals surface area contributed by atoms with Gasteiger partial charge in [-0.1, -0.05) is 26.0 Å². The Morgan fingerprint density at radius 3 is 2.08 bits per heavy atom. The summed E-state index contributed by atoms with van der Waals surface area (Å²) in [5.41, 5.74) is 1.25. The van der Waals surface area contributed by atoms with Gasteiger partial charge in [-0.05, 0) is 50.0 Å². The molecule has 6 nitrogen and oxygen atoms in total. The number of aliphatic carboxylic acids is 2. The first-order valence-electron chi connectivity index (χ1n) is 7.74. The van der Waals surface area contributed by atoms with Gasteiger partial charge in [0.2, 0.25) is 0 Å². The first-order chi connectivity index (χ1) is 11.2. The molecule has 0 aliphatic rings. The maximum absolute atomic E-state index is 9.55. The molecule has 134 valence electrons. The SMILES string of the molecule is CC[C@@H](c1cccc(O)c1)[C@@H](C)CN(C)C.O=C(O)/C=C/C(=O)O. The average Bonchev–Trinajstić information content (AvgIpc) is 2.46. The second kappa shape index (κ2) is 11.2. The number of hydrogen-bond donors (Lipinski definition) is 3. The fourth-order valence-electron chi connectivity index (χ4n) is 2.57. The summed E-state index contributed by atoms with van der Waals surface area (Å²) in [5.74, 6) is -1.02.